The van der Waals surface area contributed by atoms with E-state index in [0.717, 1.165) is 47.9 Å². The number of carbonyl (C=O) groups is 2. The van der Waals surface area contributed by atoms with Gasteiger partial charge in [-0.15, -0.1) is 0 Å². The number of hydrogen-bond acceptors (Lipinski definition) is 3. The molecule has 4 nitrogen and oxygen atoms in total. The number of carbonyl (C=O) groups excluding carboxylic acids is 2. The van der Waals surface area contributed by atoms with E-state index in [1.165, 1.54) is 0 Å². The summed E-state index contributed by atoms with van der Waals surface area (Å²) in [5.41, 5.74) is 4.87. The Labute approximate surface area is 171 Å². The zero-order chi connectivity index (χ0) is 20.7. The lowest BCUT2D eigenvalue weighted by Gasteiger charge is -2.31. The van der Waals surface area contributed by atoms with Crippen LogP contribution in [-0.4, -0.2) is 27.7 Å². The summed E-state index contributed by atoms with van der Waals surface area (Å²) in [6.45, 7) is 5.97. The molecule has 0 bridgehead atoms. The molecule has 1 aliphatic heterocycles. The fourth-order valence-corrected chi connectivity index (χ4v) is 4.62. The van der Waals surface area contributed by atoms with E-state index in [1.807, 2.05) is 63.2 Å². The number of aliphatic hydroxyl groups is 1. The Balaban J connectivity index is 1.90. The van der Waals surface area contributed by atoms with Crippen LogP contribution in [0.5, 0.6) is 0 Å². The van der Waals surface area contributed by atoms with E-state index in [4.69, 9.17) is 0 Å². The summed E-state index contributed by atoms with van der Waals surface area (Å²) in [5.74, 6) is -1.16. The Morgan fingerprint density at radius 1 is 0.966 bits per heavy atom. The third kappa shape index (κ3) is 3.37. The molecule has 29 heavy (non-hydrogen) atoms. The van der Waals surface area contributed by atoms with Crippen LogP contribution in [0, 0.1) is 20.8 Å². The van der Waals surface area contributed by atoms with Crippen molar-refractivity contribution in [3.05, 3.63) is 75.9 Å². The Hall–Kier alpha value is -2.88. The van der Waals surface area contributed by atoms with E-state index in [2.05, 4.69) is 0 Å². The van der Waals surface area contributed by atoms with Gasteiger partial charge in [0.25, 0.3) is 11.7 Å². The van der Waals surface area contributed by atoms with Gasteiger partial charge in [-0.05, 0) is 56.4 Å². The smallest absolute Gasteiger partial charge is 0.295 e. The van der Waals surface area contributed by atoms with Crippen LogP contribution < -0.4 is 0 Å². The van der Waals surface area contributed by atoms with Gasteiger partial charge in [0.05, 0.1) is 11.6 Å². The molecule has 1 heterocycles. The first kappa shape index (κ1) is 19.4. The van der Waals surface area contributed by atoms with E-state index in [-0.39, 0.29) is 17.4 Å². The lowest BCUT2D eigenvalue weighted by Crippen LogP contribution is -2.37. The summed E-state index contributed by atoms with van der Waals surface area (Å²) in [4.78, 5) is 27.9. The summed E-state index contributed by atoms with van der Waals surface area (Å²) in [7, 11) is 0. The van der Waals surface area contributed by atoms with Gasteiger partial charge in [-0.25, -0.2) is 0 Å². The normalized spacial score (nSPS) is 21.9. The molecule has 0 spiro atoms. The standard InChI is InChI=1S/C25H27NO3/c1-15-7-6-8-18(13-15)22-21(23(27)19-12-11-16(2)17(3)14-19)24(28)25(29)26(22)20-9-4-5-10-20/h6-8,11-14,20,22,27H,4-5,9-10H2,1-3H3/b23-21-. The van der Waals surface area contributed by atoms with Gasteiger partial charge in [0.2, 0.25) is 0 Å². The van der Waals surface area contributed by atoms with Crippen molar-refractivity contribution in [1.82, 2.24) is 4.90 Å². The van der Waals surface area contributed by atoms with Crippen LogP contribution >= 0.6 is 0 Å². The van der Waals surface area contributed by atoms with Crippen LogP contribution in [0.1, 0.15) is 59.5 Å². The molecule has 4 rings (SSSR count). The maximum absolute atomic E-state index is 13.1. The molecule has 4 heteroatoms. The largest absolute Gasteiger partial charge is 0.507 e. The van der Waals surface area contributed by atoms with Gasteiger partial charge >= 0.3 is 0 Å². The SMILES string of the molecule is Cc1cccc(C2/C(=C(/O)c3ccc(C)c(C)c3)C(=O)C(=O)N2C2CCCC2)c1. The fraction of sp³-hybridized carbons (Fsp3) is 0.360. The zero-order valence-corrected chi connectivity index (χ0v) is 17.2. The number of benzene rings is 2. The average Bonchev–Trinajstić information content (AvgIpc) is 3.31. The molecule has 2 aromatic carbocycles. The van der Waals surface area contributed by atoms with Crippen molar-refractivity contribution in [2.75, 3.05) is 0 Å². The second-order valence-corrected chi connectivity index (χ2v) is 8.36. The molecule has 150 valence electrons. The van der Waals surface area contributed by atoms with Gasteiger partial charge in [0.1, 0.15) is 5.76 Å². The molecule has 2 aliphatic rings. The van der Waals surface area contributed by atoms with E-state index in [9.17, 15) is 14.7 Å². The molecule has 1 aliphatic carbocycles. The van der Waals surface area contributed by atoms with Crippen LogP contribution in [0.4, 0.5) is 0 Å². The number of nitrogens with zero attached hydrogens (tertiary/aromatic N) is 1. The molecule has 1 amide bonds. The van der Waals surface area contributed by atoms with E-state index in [1.54, 1.807) is 4.90 Å². The van der Waals surface area contributed by atoms with Gasteiger partial charge in [-0.1, -0.05) is 54.8 Å². The van der Waals surface area contributed by atoms with Crippen molar-refractivity contribution in [1.29, 1.82) is 0 Å². The quantitative estimate of drug-likeness (QED) is 0.458. The maximum atomic E-state index is 13.1. The molecule has 1 N–H and O–H groups in total. The topological polar surface area (TPSA) is 57.6 Å². The zero-order valence-electron chi connectivity index (χ0n) is 17.2. The van der Waals surface area contributed by atoms with Crippen molar-refractivity contribution in [3.8, 4) is 0 Å². The molecule has 1 saturated carbocycles. The third-order valence-electron chi connectivity index (χ3n) is 6.34. The average molecular weight is 389 g/mol. The van der Waals surface area contributed by atoms with Gasteiger partial charge in [0, 0.05) is 11.6 Å². The van der Waals surface area contributed by atoms with Crippen LogP contribution in [-0.2, 0) is 9.59 Å². The number of rotatable bonds is 3. The van der Waals surface area contributed by atoms with Gasteiger partial charge in [-0.3, -0.25) is 9.59 Å². The Morgan fingerprint density at radius 3 is 2.34 bits per heavy atom. The lowest BCUT2D eigenvalue weighted by molar-refractivity contribution is -0.141. The number of ketones is 1. The number of likely N-dealkylation sites (tertiary alicyclic amines) is 1. The number of hydrogen-bond donors (Lipinski definition) is 1. The van der Waals surface area contributed by atoms with Gasteiger partial charge in [0.15, 0.2) is 0 Å². The number of amides is 1. The summed E-state index contributed by atoms with van der Waals surface area (Å²) in [6.07, 6.45) is 3.93. The summed E-state index contributed by atoms with van der Waals surface area (Å²) < 4.78 is 0. The van der Waals surface area contributed by atoms with E-state index >= 15 is 0 Å². The minimum absolute atomic E-state index is 0.0435. The highest BCUT2D eigenvalue weighted by molar-refractivity contribution is 6.46. The van der Waals surface area contributed by atoms with Crippen molar-refractivity contribution in [2.45, 2.75) is 58.5 Å². The predicted octanol–water partition coefficient (Wildman–Crippen LogP) is 4.98. The molecule has 0 aromatic heterocycles. The number of Topliss-reactive ketones (excluding diaryl/α,β-unsaturated/α-hetero) is 1. The highest BCUT2D eigenvalue weighted by Crippen LogP contribution is 2.43. The first-order chi connectivity index (χ1) is 13.9. The third-order valence-corrected chi connectivity index (χ3v) is 6.34. The Bertz CT molecular complexity index is 1010. The molecular formula is C25H27NO3. The van der Waals surface area contributed by atoms with Crippen molar-refractivity contribution < 1.29 is 14.7 Å². The van der Waals surface area contributed by atoms with E-state index < -0.39 is 17.7 Å². The molecule has 1 atom stereocenters. The second kappa shape index (κ2) is 7.51. The summed E-state index contributed by atoms with van der Waals surface area (Å²) >= 11 is 0. The van der Waals surface area contributed by atoms with Crippen LogP contribution in [0.15, 0.2) is 48.0 Å². The van der Waals surface area contributed by atoms with Crippen LogP contribution in [0.2, 0.25) is 0 Å². The first-order valence-electron chi connectivity index (χ1n) is 10.3. The number of aliphatic hydroxyl groups excluding tert-OH is 1. The lowest BCUT2D eigenvalue weighted by atomic mass is 9.93. The monoisotopic (exact) mass is 389 g/mol. The van der Waals surface area contributed by atoms with Crippen molar-refractivity contribution in [2.24, 2.45) is 0 Å². The van der Waals surface area contributed by atoms with Crippen LogP contribution in [0.3, 0.4) is 0 Å². The van der Waals surface area contributed by atoms with Gasteiger partial charge in [-0.2, -0.15) is 0 Å². The van der Waals surface area contributed by atoms with Gasteiger partial charge < -0.3 is 10.0 Å². The molecule has 0 radical (unpaired) electrons. The molecule has 2 aromatic rings. The van der Waals surface area contributed by atoms with Crippen LogP contribution in [0.25, 0.3) is 5.76 Å². The Morgan fingerprint density at radius 2 is 1.69 bits per heavy atom. The van der Waals surface area contributed by atoms with E-state index in [0.29, 0.717) is 5.56 Å². The molecule has 2 fully saturated rings. The predicted molar refractivity (Wildman–Crippen MR) is 113 cm³/mol. The molecular weight excluding hydrogens is 362 g/mol. The fourth-order valence-electron chi connectivity index (χ4n) is 4.62. The molecule has 1 saturated heterocycles. The number of aryl methyl sites for hydroxylation is 3. The highest BCUT2D eigenvalue weighted by Gasteiger charge is 2.49. The van der Waals surface area contributed by atoms with Crippen molar-refractivity contribution in [3.63, 3.8) is 0 Å². The highest BCUT2D eigenvalue weighted by atomic mass is 16.3. The Kier molecular flexibility index (Phi) is 5.03. The maximum Gasteiger partial charge on any atom is 0.295 e. The second-order valence-electron chi connectivity index (χ2n) is 8.36. The minimum atomic E-state index is -0.584. The minimum Gasteiger partial charge on any atom is -0.507 e. The first-order valence-corrected chi connectivity index (χ1v) is 10.3. The summed E-state index contributed by atoms with van der Waals surface area (Å²) in [6, 6.07) is 13.0. The molecule has 1 unspecified atom stereocenters. The summed E-state index contributed by atoms with van der Waals surface area (Å²) in [5, 5.41) is 11.2. The van der Waals surface area contributed by atoms with Crippen molar-refractivity contribution >= 4 is 17.4 Å².